The van der Waals surface area contributed by atoms with Crippen LogP contribution in [0.5, 0.6) is 0 Å². The zero-order chi connectivity index (χ0) is 15.6. The first-order chi connectivity index (χ1) is 9.99. The lowest BCUT2D eigenvalue weighted by atomic mass is 9.96. The Morgan fingerprint density at radius 3 is 2.62 bits per heavy atom. The molecule has 2 rings (SSSR count). The molecule has 0 fully saturated rings. The molecule has 0 saturated carbocycles. The van der Waals surface area contributed by atoms with Gasteiger partial charge in [0.15, 0.2) is 6.29 Å². The molecule has 0 unspecified atom stereocenters. The minimum absolute atomic E-state index is 0.0698. The molecule has 0 atom stereocenters. The minimum atomic E-state index is -1.00. The van der Waals surface area contributed by atoms with Gasteiger partial charge in [0.2, 0.25) is 0 Å². The summed E-state index contributed by atoms with van der Waals surface area (Å²) in [5.41, 5.74) is 2.45. The van der Waals surface area contributed by atoms with Crippen LogP contribution in [0.25, 0.3) is 10.9 Å². The summed E-state index contributed by atoms with van der Waals surface area (Å²) in [6, 6.07) is 3.21. The van der Waals surface area contributed by atoms with Crippen molar-refractivity contribution in [1.29, 1.82) is 0 Å². The molecule has 5 nitrogen and oxygen atoms in total. The number of rotatable bonds is 6. The third-order valence-electron chi connectivity index (χ3n) is 3.59. The molecule has 0 radical (unpaired) electrons. The van der Waals surface area contributed by atoms with Gasteiger partial charge in [-0.05, 0) is 30.0 Å². The Kier molecular flexibility index (Phi) is 4.43. The van der Waals surface area contributed by atoms with Crippen molar-refractivity contribution in [2.45, 2.75) is 32.7 Å². The summed E-state index contributed by atoms with van der Waals surface area (Å²) < 4.78 is 1.93. The van der Waals surface area contributed by atoms with Crippen LogP contribution in [-0.4, -0.2) is 33.6 Å². The summed E-state index contributed by atoms with van der Waals surface area (Å²) in [5, 5.41) is 18.9. The van der Waals surface area contributed by atoms with E-state index >= 15 is 0 Å². The molecule has 0 aliphatic carbocycles. The van der Waals surface area contributed by atoms with Gasteiger partial charge in [-0.3, -0.25) is 4.79 Å². The second-order valence-corrected chi connectivity index (χ2v) is 5.39. The second-order valence-electron chi connectivity index (χ2n) is 5.39. The Morgan fingerprint density at radius 2 is 2.10 bits per heavy atom. The van der Waals surface area contributed by atoms with Gasteiger partial charge in [0.05, 0.1) is 11.1 Å². The van der Waals surface area contributed by atoms with Crippen molar-refractivity contribution in [3.05, 3.63) is 35.0 Å². The van der Waals surface area contributed by atoms with Gasteiger partial charge in [0.1, 0.15) is 0 Å². The van der Waals surface area contributed by atoms with Crippen molar-refractivity contribution < 1.29 is 19.8 Å². The average molecular weight is 289 g/mol. The third kappa shape index (κ3) is 2.83. The van der Waals surface area contributed by atoms with Crippen LogP contribution in [0.1, 0.15) is 52.5 Å². The molecule has 0 spiro atoms. The number of aromatic carboxylic acids is 1. The topological polar surface area (TPSA) is 79.5 Å². The van der Waals surface area contributed by atoms with Crippen molar-refractivity contribution in [3.8, 4) is 0 Å². The summed E-state index contributed by atoms with van der Waals surface area (Å²) in [5.74, 6) is -0.868. The zero-order valence-corrected chi connectivity index (χ0v) is 12.2. The normalized spacial score (nSPS) is 11.2. The van der Waals surface area contributed by atoms with E-state index in [4.69, 9.17) is 5.11 Å². The van der Waals surface area contributed by atoms with Crippen molar-refractivity contribution in [2.75, 3.05) is 6.61 Å². The first-order valence-electron chi connectivity index (χ1n) is 6.95. The SMILES string of the molecule is CC(C)c1cc(C(=O)O)cc2c(C=O)cn(CCCO)c12. The number of aldehydes is 1. The largest absolute Gasteiger partial charge is 0.478 e. The summed E-state index contributed by atoms with van der Waals surface area (Å²) in [6.07, 6.45) is 3.05. The molecule has 1 heterocycles. The van der Waals surface area contributed by atoms with E-state index in [-0.39, 0.29) is 18.1 Å². The van der Waals surface area contributed by atoms with Crippen molar-refractivity contribution in [3.63, 3.8) is 0 Å². The number of aryl methyl sites for hydroxylation is 1. The number of aliphatic hydroxyl groups is 1. The van der Waals surface area contributed by atoms with Crippen molar-refractivity contribution in [2.24, 2.45) is 0 Å². The molecule has 5 heteroatoms. The number of carboxylic acids is 1. The maximum atomic E-state index is 11.3. The van der Waals surface area contributed by atoms with Gasteiger partial charge in [-0.2, -0.15) is 0 Å². The van der Waals surface area contributed by atoms with Gasteiger partial charge >= 0.3 is 5.97 Å². The maximum Gasteiger partial charge on any atom is 0.335 e. The molecule has 0 aliphatic rings. The van der Waals surface area contributed by atoms with Crippen LogP contribution >= 0.6 is 0 Å². The van der Waals surface area contributed by atoms with E-state index in [1.165, 1.54) is 0 Å². The number of fused-ring (bicyclic) bond motifs is 1. The van der Waals surface area contributed by atoms with E-state index in [2.05, 4.69) is 0 Å². The van der Waals surface area contributed by atoms with Gasteiger partial charge in [-0.25, -0.2) is 4.79 Å². The fraction of sp³-hybridized carbons (Fsp3) is 0.375. The van der Waals surface area contributed by atoms with Gasteiger partial charge < -0.3 is 14.8 Å². The molecule has 0 saturated heterocycles. The quantitative estimate of drug-likeness (QED) is 0.801. The predicted octanol–water partition coefficient (Wildman–Crippen LogP) is 2.66. The maximum absolute atomic E-state index is 11.3. The van der Waals surface area contributed by atoms with Crippen LogP contribution in [0.2, 0.25) is 0 Å². The van der Waals surface area contributed by atoms with Gasteiger partial charge in [0, 0.05) is 30.3 Å². The van der Waals surface area contributed by atoms with Crippen LogP contribution in [0.3, 0.4) is 0 Å². The van der Waals surface area contributed by atoms with Crippen LogP contribution in [-0.2, 0) is 6.54 Å². The Morgan fingerprint density at radius 1 is 1.38 bits per heavy atom. The molecule has 21 heavy (non-hydrogen) atoms. The first-order valence-corrected chi connectivity index (χ1v) is 6.95. The molecular formula is C16H19NO4. The number of aliphatic hydroxyl groups excluding tert-OH is 1. The molecule has 1 aromatic heterocycles. The highest BCUT2D eigenvalue weighted by Crippen LogP contribution is 2.30. The number of carbonyl (C=O) groups is 2. The molecule has 2 aromatic rings. The lowest BCUT2D eigenvalue weighted by Gasteiger charge is -2.13. The van der Waals surface area contributed by atoms with Gasteiger partial charge in [-0.1, -0.05) is 13.8 Å². The van der Waals surface area contributed by atoms with Gasteiger partial charge in [0.25, 0.3) is 0 Å². The van der Waals surface area contributed by atoms with E-state index < -0.39 is 5.97 Å². The number of carboxylic acid groups (broad SMARTS) is 1. The van der Waals surface area contributed by atoms with Crippen molar-refractivity contribution >= 4 is 23.2 Å². The number of carbonyl (C=O) groups excluding carboxylic acids is 1. The van der Waals surface area contributed by atoms with E-state index in [1.807, 2.05) is 18.4 Å². The lowest BCUT2D eigenvalue weighted by molar-refractivity contribution is 0.0696. The number of aromatic nitrogens is 1. The Bertz CT molecular complexity index is 685. The second kappa shape index (κ2) is 6.10. The lowest BCUT2D eigenvalue weighted by Crippen LogP contribution is -2.04. The third-order valence-corrected chi connectivity index (χ3v) is 3.59. The standard InChI is InChI=1S/C16H19NO4/c1-10(2)13-6-11(16(20)21)7-14-12(9-19)8-17(15(13)14)4-3-5-18/h6-10,18H,3-5H2,1-2H3,(H,20,21). The van der Waals surface area contributed by atoms with E-state index in [1.54, 1.807) is 18.3 Å². The molecule has 0 bridgehead atoms. The average Bonchev–Trinajstić information content (AvgIpc) is 2.81. The smallest absolute Gasteiger partial charge is 0.335 e. The number of hydrogen-bond donors (Lipinski definition) is 2. The first kappa shape index (κ1) is 15.3. The van der Waals surface area contributed by atoms with E-state index in [0.717, 1.165) is 17.4 Å². The number of hydrogen-bond acceptors (Lipinski definition) is 3. The monoisotopic (exact) mass is 289 g/mol. The predicted molar refractivity (Wildman–Crippen MR) is 80.1 cm³/mol. The minimum Gasteiger partial charge on any atom is -0.478 e. The summed E-state index contributed by atoms with van der Waals surface area (Å²) >= 11 is 0. The highest BCUT2D eigenvalue weighted by atomic mass is 16.4. The summed E-state index contributed by atoms with van der Waals surface area (Å²) in [6.45, 7) is 4.64. The van der Waals surface area contributed by atoms with E-state index in [9.17, 15) is 14.7 Å². The summed E-state index contributed by atoms with van der Waals surface area (Å²) in [7, 11) is 0. The van der Waals surface area contributed by atoms with Crippen LogP contribution in [0, 0.1) is 0 Å². The number of benzene rings is 1. The molecular weight excluding hydrogens is 270 g/mol. The Labute approximate surface area is 122 Å². The highest BCUT2D eigenvalue weighted by Gasteiger charge is 2.17. The zero-order valence-electron chi connectivity index (χ0n) is 12.2. The fourth-order valence-corrected chi connectivity index (χ4v) is 2.57. The van der Waals surface area contributed by atoms with E-state index in [0.29, 0.717) is 23.9 Å². The molecule has 0 aliphatic heterocycles. The Balaban J connectivity index is 2.77. The van der Waals surface area contributed by atoms with Crippen LogP contribution < -0.4 is 0 Å². The molecule has 0 amide bonds. The number of nitrogens with zero attached hydrogens (tertiary/aromatic N) is 1. The summed E-state index contributed by atoms with van der Waals surface area (Å²) in [4.78, 5) is 22.5. The molecule has 2 N–H and O–H groups in total. The van der Waals surface area contributed by atoms with Crippen LogP contribution in [0.15, 0.2) is 18.3 Å². The highest BCUT2D eigenvalue weighted by molar-refractivity contribution is 6.03. The molecule has 1 aromatic carbocycles. The molecule has 112 valence electrons. The fourth-order valence-electron chi connectivity index (χ4n) is 2.57. The Hall–Kier alpha value is -2.14. The van der Waals surface area contributed by atoms with Crippen LogP contribution in [0.4, 0.5) is 0 Å². The van der Waals surface area contributed by atoms with Gasteiger partial charge in [-0.15, -0.1) is 0 Å². The van der Waals surface area contributed by atoms with Crippen molar-refractivity contribution in [1.82, 2.24) is 4.57 Å².